The van der Waals surface area contributed by atoms with E-state index >= 15 is 0 Å². The molecule has 0 spiro atoms. The molecular weight excluding hydrogens is 156 g/mol. The van der Waals surface area contributed by atoms with Crippen LogP contribution in [0.5, 0.6) is 0 Å². The third-order valence-electron chi connectivity index (χ3n) is 1.81. The third-order valence-corrected chi connectivity index (χ3v) is 1.93. The number of hydrogen-bond acceptors (Lipinski definition) is 0. The van der Waals surface area contributed by atoms with Gasteiger partial charge in [0.15, 0.2) is 0 Å². The lowest BCUT2D eigenvalue weighted by atomic mass is 9.93. The van der Waals surface area contributed by atoms with Gasteiger partial charge in [-0.2, -0.15) is 0 Å². The predicted molar refractivity (Wildman–Crippen MR) is 52.8 cm³/mol. The van der Waals surface area contributed by atoms with Gasteiger partial charge in [-0.25, -0.2) is 0 Å². The first kappa shape index (κ1) is 10.8. The predicted octanol–water partition coefficient (Wildman–Crippen LogP) is 3.98. The molecule has 0 heterocycles. The molecule has 1 heteroatoms. The highest BCUT2D eigenvalue weighted by molar-refractivity contribution is 6.29. The Bertz CT molecular complexity index is 162. The van der Waals surface area contributed by atoms with Crippen LogP contribution in [0.15, 0.2) is 23.3 Å². The topological polar surface area (TPSA) is 0 Å². The van der Waals surface area contributed by atoms with Crippen LogP contribution in [0.4, 0.5) is 0 Å². The Morgan fingerprint density at radius 1 is 1.36 bits per heavy atom. The van der Waals surface area contributed by atoms with Crippen LogP contribution in [0.2, 0.25) is 0 Å². The van der Waals surface area contributed by atoms with Gasteiger partial charge in [-0.1, -0.05) is 50.6 Å². The molecule has 0 N–H and O–H groups in total. The summed E-state index contributed by atoms with van der Waals surface area (Å²) in [7, 11) is 0. The van der Waals surface area contributed by atoms with Crippen LogP contribution in [0.25, 0.3) is 0 Å². The molecule has 0 aromatic rings. The molecule has 0 saturated heterocycles. The van der Waals surface area contributed by atoms with E-state index in [0.717, 1.165) is 5.03 Å². The minimum absolute atomic E-state index is 0.396. The minimum Gasteiger partial charge on any atom is -0.0990 e. The Kier molecular flexibility index (Phi) is 4.51. The first-order chi connectivity index (χ1) is 4.95. The molecule has 0 aliphatic rings. The zero-order chi connectivity index (χ0) is 9.02. The van der Waals surface area contributed by atoms with Gasteiger partial charge in [0.25, 0.3) is 0 Å². The van der Waals surface area contributed by atoms with Crippen molar-refractivity contribution in [1.29, 1.82) is 0 Å². The summed E-state index contributed by atoms with van der Waals surface area (Å²) in [6.45, 7) is 12.3. The van der Waals surface area contributed by atoms with E-state index in [0.29, 0.717) is 11.8 Å². The average molecular weight is 173 g/mol. The SMILES string of the molecule is C=C(C(C)C)C(C)/C=C(\C)Cl. The summed E-state index contributed by atoms with van der Waals surface area (Å²) in [5.74, 6) is 0.935. The fourth-order valence-corrected chi connectivity index (χ4v) is 1.17. The molecule has 0 bridgehead atoms. The van der Waals surface area contributed by atoms with Gasteiger partial charge in [-0.3, -0.25) is 0 Å². The molecule has 1 atom stereocenters. The van der Waals surface area contributed by atoms with Gasteiger partial charge in [0.2, 0.25) is 0 Å². The fraction of sp³-hybridized carbons (Fsp3) is 0.600. The van der Waals surface area contributed by atoms with Crippen LogP contribution in [0, 0.1) is 11.8 Å². The van der Waals surface area contributed by atoms with Gasteiger partial charge in [-0.05, 0) is 18.8 Å². The standard InChI is InChI=1S/C10H17Cl/c1-7(2)10(5)8(3)6-9(4)11/h6-8H,5H2,1-4H3/b9-6+. The second-order valence-corrected chi connectivity index (χ2v) is 3.87. The van der Waals surface area contributed by atoms with Crippen molar-refractivity contribution < 1.29 is 0 Å². The Labute approximate surface area is 74.9 Å². The first-order valence-corrected chi connectivity index (χ1v) is 4.35. The van der Waals surface area contributed by atoms with Crippen LogP contribution in [-0.4, -0.2) is 0 Å². The van der Waals surface area contributed by atoms with Gasteiger partial charge in [0.05, 0.1) is 0 Å². The van der Waals surface area contributed by atoms with Gasteiger partial charge < -0.3 is 0 Å². The van der Waals surface area contributed by atoms with E-state index in [2.05, 4.69) is 27.4 Å². The van der Waals surface area contributed by atoms with E-state index in [9.17, 15) is 0 Å². The molecule has 1 unspecified atom stereocenters. The Morgan fingerprint density at radius 3 is 2.09 bits per heavy atom. The lowest BCUT2D eigenvalue weighted by Crippen LogP contribution is -2.01. The second kappa shape index (κ2) is 4.61. The summed E-state index contributed by atoms with van der Waals surface area (Å²) in [6, 6.07) is 0. The van der Waals surface area contributed by atoms with Gasteiger partial charge in [0, 0.05) is 5.03 Å². The molecule has 0 aromatic heterocycles. The van der Waals surface area contributed by atoms with Crippen molar-refractivity contribution >= 4 is 11.6 Å². The van der Waals surface area contributed by atoms with Crippen LogP contribution in [0.3, 0.4) is 0 Å². The molecular formula is C10H17Cl. The van der Waals surface area contributed by atoms with E-state index in [1.165, 1.54) is 5.57 Å². The van der Waals surface area contributed by atoms with E-state index in [-0.39, 0.29) is 0 Å². The smallest absolute Gasteiger partial charge is 0.0116 e. The van der Waals surface area contributed by atoms with Crippen LogP contribution in [-0.2, 0) is 0 Å². The monoisotopic (exact) mass is 172 g/mol. The van der Waals surface area contributed by atoms with Crippen molar-refractivity contribution in [3.8, 4) is 0 Å². The maximum atomic E-state index is 5.74. The Balaban J connectivity index is 4.15. The number of hydrogen-bond donors (Lipinski definition) is 0. The van der Waals surface area contributed by atoms with Crippen molar-refractivity contribution in [1.82, 2.24) is 0 Å². The van der Waals surface area contributed by atoms with Gasteiger partial charge in [-0.15, -0.1) is 0 Å². The molecule has 0 amide bonds. The normalized spacial score (nSPS) is 15.3. The molecule has 0 saturated carbocycles. The summed E-state index contributed by atoms with van der Waals surface area (Å²) < 4.78 is 0. The quantitative estimate of drug-likeness (QED) is 0.565. The summed E-state index contributed by atoms with van der Waals surface area (Å²) in [5, 5.41) is 0.847. The van der Waals surface area contributed by atoms with E-state index in [1.807, 2.05) is 13.0 Å². The van der Waals surface area contributed by atoms with Gasteiger partial charge >= 0.3 is 0 Å². The van der Waals surface area contributed by atoms with Crippen molar-refractivity contribution in [2.45, 2.75) is 27.7 Å². The molecule has 0 aliphatic carbocycles. The zero-order valence-corrected chi connectivity index (χ0v) is 8.57. The number of halogens is 1. The largest absolute Gasteiger partial charge is 0.0990 e. The molecule has 0 rings (SSSR count). The van der Waals surface area contributed by atoms with E-state index in [1.54, 1.807) is 0 Å². The van der Waals surface area contributed by atoms with Crippen molar-refractivity contribution in [2.24, 2.45) is 11.8 Å². The second-order valence-electron chi connectivity index (χ2n) is 3.27. The van der Waals surface area contributed by atoms with Crippen molar-refractivity contribution in [2.75, 3.05) is 0 Å². The molecule has 11 heavy (non-hydrogen) atoms. The van der Waals surface area contributed by atoms with Crippen LogP contribution >= 0.6 is 11.6 Å². The maximum absolute atomic E-state index is 5.74. The van der Waals surface area contributed by atoms with E-state index in [4.69, 9.17) is 11.6 Å². The highest BCUT2D eigenvalue weighted by Gasteiger charge is 2.06. The highest BCUT2D eigenvalue weighted by atomic mass is 35.5. The van der Waals surface area contributed by atoms with Gasteiger partial charge in [0.1, 0.15) is 0 Å². The Hall–Kier alpha value is -0.230. The Morgan fingerprint density at radius 2 is 1.82 bits per heavy atom. The van der Waals surface area contributed by atoms with Crippen molar-refractivity contribution in [3.05, 3.63) is 23.3 Å². The molecule has 0 radical (unpaired) electrons. The average Bonchev–Trinajstić information content (AvgIpc) is 1.84. The summed E-state index contributed by atoms with van der Waals surface area (Å²) in [4.78, 5) is 0. The van der Waals surface area contributed by atoms with Crippen molar-refractivity contribution in [3.63, 3.8) is 0 Å². The van der Waals surface area contributed by atoms with Crippen LogP contribution < -0.4 is 0 Å². The highest BCUT2D eigenvalue weighted by Crippen LogP contribution is 2.20. The summed E-state index contributed by atoms with van der Waals surface area (Å²) in [6.07, 6.45) is 2.03. The molecule has 0 aromatic carbocycles. The van der Waals surface area contributed by atoms with Crippen LogP contribution in [0.1, 0.15) is 27.7 Å². The minimum atomic E-state index is 0.396. The zero-order valence-electron chi connectivity index (χ0n) is 7.82. The summed E-state index contributed by atoms with van der Waals surface area (Å²) >= 11 is 5.74. The molecule has 0 nitrogen and oxygen atoms in total. The summed E-state index contributed by atoms with van der Waals surface area (Å²) in [5.41, 5.74) is 1.24. The third kappa shape index (κ3) is 4.26. The fourth-order valence-electron chi connectivity index (χ4n) is 0.977. The molecule has 0 aliphatic heterocycles. The lowest BCUT2D eigenvalue weighted by Gasteiger charge is -2.14. The first-order valence-electron chi connectivity index (χ1n) is 3.97. The number of rotatable bonds is 3. The molecule has 0 fully saturated rings. The molecule has 64 valence electrons. The van der Waals surface area contributed by atoms with E-state index < -0.39 is 0 Å². The maximum Gasteiger partial charge on any atom is 0.0116 e. The lowest BCUT2D eigenvalue weighted by molar-refractivity contribution is 0.668. The number of allylic oxidation sites excluding steroid dienone is 3.